The van der Waals surface area contributed by atoms with E-state index in [2.05, 4.69) is 11.4 Å². The van der Waals surface area contributed by atoms with Gasteiger partial charge in [-0.3, -0.25) is 4.79 Å². The Labute approximate surface area is 140 Å². The van der Waals surface area contributed by atoms with Gasteiger partial charge in [-0.05, 0) is 61.6 Å². The van der Waals surface area contributed by atoms with Crippen LogP contribution in [0.5, 0.6) is 0 Å². The molecule has 1 amide bonds. The average molecular weight is 334 g/mol. The van der Waals surface area contributed by atoms with Crippen LogP contribution < -0.4 is 5.32 Å². The molecule has 1 fully saturated rings. The molecule has 1 aliphatic carbocycles. The summed E-state index contributed by atoms with van der Waals surface area (Å²) in [6.07, 6.45) is 0.841. The van der Waals surface area contributed by atoms with Gasteiger partial charge in [0.2, 0.25) is 5.91 Å². The van der Waals surface area contributed by atoms with Crippen LogP contribution in [0.2, 0.25) is 10.0 Å². The highest BCUT2D eigenvalue weighted by Gasteiger charge is 2.44. The number of hydrogen-bond donors (Lipinski definition) is 1. The molecule has 1 aliphatic rings. The van der Waals surface area contributed by atoms with E-state index in [9.17, 15) is 4.79 Å². The summed E-state index contributed by atoms with van der Waals surface area (Å²) < 4.78 is 0. The van der Waals surface area contributed by atoms with Crippen LogP contribution in [0.15, 0.2) is 36.4 Å². The predicted molar refractivity (Wildman–Crippen MR) is 91.9 cm³/mol. The van der Waals surface area contributed by atoms with E-state index in [0.717, 1.165) is 23.2 Å². The third kappa shape index (κ3) is 3.29. The van der Waals surface area contributed by atoms with Crippen LogP contribution in [0, 0.1) is 19.8 Å². The first kappa shape index (κ1) is 15.4. The van der Waals surface area contributed by atoms with Crippen molar-refractivity contribution in [1.82, 2.24) is 0 Å². The quantitative estimate of drug-likeness (QED) is 0.805. The van der Waals surface area contributed by atoms with Gasteiger partial charge in [-0.2, -0.15) is 0 Å². The molecule has 0 aromatic heterocycles. The highest BCUT2D eigenvalue weighted by molar-refractivity contribution is 6.34. The Kier molecular flexibility index (Phi) is 4.16. The molecule has 0 bridgehead atoms. The van der Waals surface area contributed by atoms with Gasteiger partial charge in [0.1, 0.15) is 0 Å². The molecule has 1 saturated carbocycles. The molecule has 3 rings (SSSR count). The summed E-state index contributed by atoms with van der Waals surface area (Å²) in [4.78, 5) is 12.4. The molecule has 1 N–H and O–H groups in total. The summed E-state index contributed by atoms with van der Waals surface area (Å²) in [5.74, 6) is 0.269. The van der Waals surface area contributed by atoms with Crippen molar-refractivity contribution in [1.29, 1.82) is 0 Å². The van der Waals surface area contributed by atoms with E-state index in [-0.39, 0.29) is 17.7 Å². The number of carbonyl (C=O) groups is 1. The van der Waals surface area contributed by atoms with Gasteiger partial charge in [0.15, 0.2) is 0 Å². The molecule has 0 aliphatic heterocycles. The van der Waals surface area contributed by atoms with Crippen LogP contribution in [-0.4, -0.2) is 5.91 Å². The molecule has 0 heterocycles. The number of anilines is 1. The number of rotatable bonds is 3. The molecule has 2 aromatic rings. The number of hydrogen-bond acceptors (Lipinski definition) is 1. The maximum atomic E-state index is 12.4. The van der Waals surface area contributed by atoms with E-state index < -0.39 is 0 Å². The lowest BCUT2D eigenvalue weighted by Crippen LogP contribution is -2.15. The Morgan fingerprint density at radius 1 is 1.09 bits per heavy atom. The van der Waals surface area contributed by atoms with Gasteiger partial charge < -0.3 is 5.32 Å². The van der Waals surface area contributed by atoms with Crippen LogP contribution in [0.1, 0.15) is 29.0 Å². The first-order chi connectivity index (χ1) is 10.4. The number of aryl methyl sites for hydroxylation is 2. The fraction of sp³-hybridized carbons (Fsp3) is 0.278. The minimum Gasteiger partial charge on any atom is -0.326 e. The molecule has 4 heteroatoms. The third-order valence-electron chi connectivity index (χ3n) is 4.08. The lowest BCUT2D eigenvalue weighted by Gasteiger charge is -2.09. The van der Waals surface area contributed by atoms with E-state index in [1.165, 1.54) is 5.56 Å². The summed E-state index contributed by atoms with van der Waals surface area (Å²) in [6.45, 7) is 4.04. The van der Waals surface area contributed by atoms with Crippen molar-refractivity contribution in [2.75, 3.05) is 5.32 Å². The van der Waals surface area contributed by atoms with Crippen LogP contribution in [0.3, 0.4) is 0 Å². The Hall–Kier alpha value is -1.51. The van der Waals surface area contributed by atoms with Crippen molar-refractivity contribution >= 4 is 34.8 Å². The third-order valence-corrected chi connectivity index (χ3v) is 4.52. The van der Waals surface area contributed by atoms with Crippen molar-refractivity contribution in [2.24, 2.45) is 5.92 Å². The Bertz CT molecular complexity index is 722. The number of amides is 1. The van der Waals surface area contributed by atoms with Crippen LogP contribution in [-0.2, 0) is 4.79 Å². The largest absolute Gasteiger partial charge is 0.326 e. The topological polar surface area (TPSA) is 29.1 Å². The molecule has 0 radical (unpaired) electrons. The van der Waals surface area contributed by atoms with Crippen LogP contribution in [0.4, 0.5) is 5.69 Å². The minimum absolute atomic E-state index is 0.00441. The van der Waals surface area contributed by atoms with E-state index in [0.29, 0.717) is 10.0 Å². The summed E-state index contributed by atoms with van der Waals surface area (Å²) in [6, 6.07) is 11.5. The molecule has 2 atom stereocenters. The highest BCUT2D eigenvalue weighted by Crippen LogP contribution is 2.49. The van der Waals surface area contributed by atoms with Gasteiger partial charge >= 0.3 is 0 Å². The van der Waals surface area contributed by atoms with Crippen molar-refractivity contribution in [3.8, 4) is 0 Å². The van der Waals surface area contributed by atoms with E-state index in [1.807, 2.05) is 38.1 Å². The first-order valence-corrected chi connectivity index (χ1v) is 8.04. The number of halogens is 2. The molecular formula is C18H17Cl2NO. The Balaban J connectivity index is 1.70. The number of carbonyl (C=O) groups excluding carboxylic acids is 1. The smallest absolute Gasteiger partial charge is 0.228 e. The zero-order valence-corrected chi connectivity index (χ0v) is 14.0. The normalized spacial score (nSPS) is 19.8. The van der Waals surface area contributed by atoms with Crippen molar-refractivity contribution in [3.05, 3.63) is 63.1 Å². The Morgan fingerprint density at radius 2 is 1.77 bits per heavy atom. The minimum atomic E-state index is -0.00441. The van der Waals surface area contributed by atoms with Gasteiger partial charge in [-0.25, -0.2) is 0 Å². The van der Waals surface area contributed by atoms with Gasteiger partial charge in [0.05, 0.1) is 0 Å². The molecular weight excluding hydrogens is 317 g/mol. The second-order valence-corrected chi connectivity index (χ2v) is 6.83. The standard InChI is InChI=1S/C18H17Cl2NO/c1-10-3-4-17(11(2)5-10)21-18(22)16-9-15(16)12-6-13(19)8-14(20)7-12/h3-8,15-16H,9H2,1-2H3,(H,21,22)/t15-,16+/m0/s1. The van der Waals surface area contributed by atoms with E-state index in [1.54, 1.807) is 6.07 Å². The number of benzene rings is 2. The summed E-state index contributed by atoms with van der Waals surface area (Å²) in [5.41, 5.74) is 4.19. The first-order valence-electron chi connectivity index (χ1n) is 7.28. The van der Waals surface area contributed by atoms with E-state index >= 15 is 0 Å². The molecule has 0 unspecified atom stereocenters. The van der Waals surface area contributed by atoms with Crippen LogP contribution in [0.25, 0.3) is 0 Å². The maximum Gasteiger partial charge on any atom is 0.228 e. The van der Waals surface area contributed by atoms with Crippen molar-refractivity contribution < 1.29 is 4.79 Å². The second kappa shape index (κ2) is 5.94. The molecule has 2 aromatic carbocycles. The summed E-state index contributed by atoms with van der Waals surface area (Å²) in [7, 11) is 0. The fourth-order valence-electron chi connectivity index (χ4n) is 2.82. The second-order valence-electron chi connectivity index (χ2n) is 5.96. The zero-order valence-electron chi connectivity index (χ0n) is 12.5. The zero-order chi connectivity index (χ0) is 15.9. The van der Waals surface area contributed by atoms with Gasteiger partial charge in [-0.15, -0.1) is 0 Å². The van der Waals surface area contributed by atoms with Crippen molar-refractivity contribution in [2.45, 2.75) is 26.2 Å². The van der Waals surface area contributed by atoms with Gasteiger partial charge in [0.25, 0.3) is 0 Å². The molecule has 2 nitrogen and oxygen atoms in total. The monoisotopic (exact) mass is 333 g/mol. The van der Waals surface area contributed by atoms with E-state index in [4.69, 9.17) is 23.2 Å². The molecule has 22 heavy (non-hydrogen) atoms. The summed E-state index contributed by atoms with van der Waals surface area (Å²) >= 11 is 12.1. The SMILES string of the molecule is Cc1ccc(NC(=O)[C@@H]2C[C@H]2c2cc(Cl)cc(Cl)c2)c(C)c1. The Morgan fingerprint density at radius 3 is 2.41 bits per heavy atom. The van der Waals surface area contributed by atoms with Gasteiger partial charge in [-0.1, -0.05) is 40.9 Å². The molecule has 0 saturated heterocycles. The highest BCUT2D eigenvalue weighted by atomic mass is 35.5. The van der Waals surface area contributed by atoms with Gasteiger partial charge in [0, 0.05) is 21.7 Å². The van der Waals surface area contributed by atoms with Crippen LogP contribution >= 0.6 is 23.2 Å². The fourth-order valence-corrected chi connectivity index (χ4v) is 3.36. The predicted octanol–water partition coefficient (Wildman–Crippen LogP) is 5.35. The lowest BCUT2D eigenvalue weighted by atomic mass is 10.1. The molecule has 114 valence electrons. The van der Waals surface area contributed by atoms with Crippen molar-refractivity contribution in [3.63, 3.8) is 0 Å². The summed E-state index contributed by atoms with van der Waals surface area (Å²) in [5, 5.41) is 4.25. The average Bonchev–Trinajstić information content (AvgIpc) is 3.21. The molecule has 0 spiro atoms. The number of nitrogens with one attached hydrogen (secondary N) is 1. The maximum absolute atomic E-state index is 12.4. The lowest BCUT2D eigenvalue weighted by molar-refractivity contribution is -0.117.